The summed E-state index contributed by atoms with van der Waals surface area (Å²) >= 11 is 0. The molecule has 5 heteroatoms. The van der Waals surface area contributed by atoms with E-state index in [1.807, 2.05) is 17.0 Å². The largest absolute Gasteiger partial charge is 0.341 e. The van der Waals surface area contributed by atoms with Crippen LogP contribution in [0.3, 0.4) is 0 Å². The Labute approximate surface area is 135 Å². The number of rotatable bonds is 3. The maximum absolute atomic E-state index is 13.2. The highest BCUT2D eigenvalue weighted by atomic mass is 19.1. The van der Waals surface area contributed by atoms with Crippen molar-refractivity contribution in [3.05, 3.63) is 41.2 Å². The zero-order valence-corrected chi connectivity index (χ0v) is 13.1. The first-order valence-corrected chi connectivity index (χ1v) is 8.12. The van der Waals surface area contributed by atoms with Crippen LogP contribution < -0.4 is 0 Å². The summed E-state index contributed by atoms with van der Waals surface area (Å²) in [5.41, 5.74) is 2.10. The zero-order chi connectivity index (χ0) is 16.2. The van der Waals surface area contributed by atoms with Crippen LogP contribution in [0.15, 0.2) is 29.8 Å². The van der Waals surface area contributed by atoms with Crippen molar-refractivity contribution in [2.45, 2.75) is 25.7 Å². The highest BCUT2D eigenvalue weighted by Crippen LogP contribution is 2.20. The minimum Gasteiger partial charge on any atom is -0.341 e. The van der Waals surface area contributed by atoms with Gasteiger partial charge in [0.2, 0.25) is 11.8 Å². The van der Waals surface area contributed by atoms with Gasteiger partial charge in [-0.25, -0.2) is 4.39 Å². The van der Waals surface area contributed by atoms with Gasteiger partial charge < -0.3 is 9.80 Å². The Morgan fingerprint density at radius 2 is 1.96 bits per heavy atom. The van der Waals surface area contributed by atoms with Crippen molar-refractivity contribution >= 4 is 17.9 Å². The fraction of sp³-hybridized carbons (Fsp3) is 0.444. The van der Waals surface area contributed by atoms with Gasteiger partial charge in [-0.3, -0.25) is 9.59 Å². The molecular weight excluding hydrogens is 295 g/mol. The number of likely N-dealkylation sites (tertiary alicyclic amines) is 2. The number of hydrogen-bond acceptors (Lipinski definition) is 2. The van der Waals surface area contributed by atoms with Crippen LogP contribution in [0.2, 0.25) is 0 Å². The lowest BCUT2D eigenvalue weighted by Gasteiger charge is -2.30. The van der Waals surface area contributed by atoms with Crippen LogP contribution in [0.25, 0.3) is 6.08 Å². The molecule has 0 atom stereocenters. The molecule has 3 rings (SSSR count). The van der Waals surface area contributed by atoms with Crippen LogP contribution in [-0.4, -0.2) is 47.8 Å². The van der Waals surface area contributed by atoms with E-state index in [4.69, 9.17) is 0 Å². The summed E-state index contributed by atoms with van der Waals surface area (Å²) in [6.45, 7) is 2.24. The summed E-state index contributed by atoms with van der Waals surface area (Å²) in [6.07, 6.45) is 5.03. The van der Waals surface area contributed by atoms with Gasteiger partial charge in [0.1, 0.15) is 5.82 Å². The molecule has 0 aromatic heterocycles. The highest BCUT2D eigenvalue weighted by Gasteiger charge is 2.26. The lowest BCUT2D eigenvalue weighted by Crippen LogP contribution is -2.43. The maximum atomic E-state index is 13.2. The van der Waals surface area contributed by atoms with Crippen molar-refractivity contribution in [2.75, 3.05) is 26.2 Å². The summed E-state index contributed by atoms with van der Waals surface area (Å²) in [6, 6.07) is 6.53. The van der Waals surface area contributed by atoms with Gasteiger partial charge in [-0.05, 0) is 37.0 Å². The molecule has 0 bridgehead atoms. The minimum absolute atomic E-state index is 0.0325. The van der Waals surface area contributed by atoms with E-state index in [-0.39, 0.29) is 24.2 Å². The first kappa shape index (κ1) is 15.7. The predicted molar refractivity (Wildman–Crippen MR) is 86.0 cm³/mol. The maximum Gasteiger partial charge on any atom is 0.242 e. The molecule has 1 aromatic carbocycles. The average molecular weight is 316 g/mol. The van der Waals surface area contributed by atoms with E-state index in [1.165, 1.54) is 17.7 Å². The Hall–Kier alpha value is -2.17. The van der Waals surface area contributed by atoms with Crippen molar-refractivity contribution in [2.24, 2.45) is 0 Å². The van der Waals surface area contributed by atoms with Crippen molar-refractivity contribution in [3.63, 3.8) is 0 Å². The molecule has 23 heavy (non-hydrogen) atoms. The van der Waals surface area contributed by atoms with Crippen molar-refractivity contribution in [3.8, 4) is 0 Å². The second-order valence-electron chi connectivity index (χ2n) is 6.16. The molecule has 0 radical (unpaired) electrons. The second kappa shape index (κ2) is 6.94. The predicted octanol–water partition coefficient (Wildman–Crippen LogP) is 2.45. The fourth-order valence-electron chi connectivity index (χ4n) is 3.15. The Bertz CT molecular complexity index is 632. The fourth-order valence-corrected chi connectivity index (χ4v) is 3.15. The molecule has 2 amide bonds. The SMILES string of the molecule is O=C(CN1CCCC1=O)N1CCC(=Cc2cccc(F)c2)CC1. The lowest BCUT2D eigenvalue weighted by atomic mass is 10.0. The molecular formula is C18H21FN2O2. The number of nitrogens with zero attached hydrogens (tertiary/aromatic N) is 2. The molecule has 0 unspecified atom stereocenters. The quantitative estimate of drug-likeness (QED) is 0.859. The average Bonchev–Trinajstić information content (AvgIpc) is 2.93. The zero-order valence-electron chi connectivity index (χ0n) is 13.1. The van der Waals surface area contributed by atoms with E-state index in [1.54, 1.807) is 11.0 Å². The number of piperidine rings is 1. The van der Waals surface area contributed by atoms with Gasteiger partial charge in [0.05, 0.1) is 6.54 Å². The monoisotopic (exact) mass is 316 g/mol. The van der Waals surface area contributed by atoms with Gasteiger partial charge in [-0.1, -0.05) is 23.8 Å². The molecule has 2 fully saturated rings. The number of carbonyl (C=O) groups excluding carboxylic acids is 2. The number of carbonyl (C=O) groups is 2. The molecule has 0 saturated carbocycles. The molecule has 4 nitrogen and oxygen atoms in total. The van der Waals surface area contributed by atoms with Gasteiger partial charge >= 0.3 is 0 Å². The molecule has 0 spiro atoms. The lowest BCUT2D eigenvalue weighted by molar-refractivity contribution is -0.138. The standard InChI is InChI=1S/C18H21FN2O2/c19-16-4-1-3-15(12-16)11-14-6-9-20(10-7-14)18(23)13-21-8-2-5-17(21)22/h1,3-4,11-12H,2,5-10,13H2. The van der Waals surface area contributed by atoms with Crippen LogP contribution in [0.5, 0.6) is 0 Å². The third-order valence-electron chi connectivity index (χ3n) is 4.48. The van der Waals surface area contributed by atoms with E-state index in [0.29, 0.717) is 26.1 Å². The van der Waals surface area contributed by atoms with Crippen molar-refractivity contribution < 1.29 is 14.0 Å². The smallest absolute Gasteiger partial charge is 0.242 e. The third-order valence-corrected chi connectivity index (χ3v) is 4.48. The molecule has 2 aliphatic rings. The molecule has 0 N–H and O–H groups in total. The van der Waals surface area contributed by atoms with Gasteiger partial charge in [0, 0.05) is 26.1 Å². The van der Waals surface area contributed by atoms with E-state index in [2.05, 4.69) is 0 Å². The molecule has 0 aliphatic carbocycles. The van der Waals surface area contributed by atoms with Crippen molar-refractivity contribution in [1.29, 1.82) is 0 Å². The first-order chi connectivity index (χ1) is 11.1. The Morgan fingerprint density at radius 3 is 2.61 bits per heavy atom. The Kier molecular flexibility index (Phi) is 4.74. The van der Waals surface area contributed by atoms with Gasteiger partial charge in [0.15, 0.2) is 0 Å². The summed E-state index contributed by atoms with van der Waals surface area (Å²) in [5.74, 6) is -0.116. The Balaban J connectivity index is 1.53. The molecule has 2 aliphatic heterocycles. The highest BCUT2D eigenvalue weighted by molar-refractivity contribution is 5.86. The van der Waals surface area contributed by atoms with E-state index in [9.17, 15) is 14.0 Å². The van der Waals surface area contributed by atoms with E-state index >= 15 is 0 Å². The summed E-state index contributed by atoms with van der Waals surface area (Å²) < 4.78 is 13.2. The van der Waals surface area contributed by atoms with Crippen LogP contribution in [-0.2, 0) is 9.59 Å². The number of benzene rings is 1. The normalized spacial score (nSPS) is 18.5. The second-order valence-corrected chi connectivity index (χ2v) is 6.16. The summed E-state index contributed by atoms with van der Waals surface area (Å²) in [4.78, 5) is 27.3. The molecule has 1 aromatic rings. The van der Waals surface area contributed by atoms with Crippen LogP contribution in [0, 0.1) is 5.82 Å². The molecule has 2 saturated heterocycles. The minimum atomic E-state index is -0.234. The Morgan fingerprint density at radius 1 is 1.17 bits per heavy atom. The summed E-state index contributed by atoms with van der Waals surface area (Å²) in [7, 11) is 0. The van der Waals surface area contributed by atoms with E-state index < -0.39 is 0 Å². The first-order valence-electron chi connectivity index (χ1n) is 8.12. The van der Waals surface area contributed by atoms with Gasteiger partial charge in [-0.2, -0.15) is 0 Å². The molecule has 2 heterocycles. The van der Waals surface area contributed by atoms with Gasteiger partial charge in [-0.15, -0.1) is 0 Å². The van der Waals surface area contributed by atoms with Crippen LogP contribution in [0.1, 0.15) is 31.2 Å². The number of halogens is 1. The van der Waals surface area contributed by atoms with Crippen LogP contribution in [0.4, 0.5) is 4.39 Å². The van der Waals surface area contributed by atoms with Gasteiger partial charge in [0.25, 0.3) is 0 Å². The topological polar surface area (TPSA) is 40.6 Å². The summed E-state index contributed by atoms with van der Waals surface area (Å²) in [5, 5.41) is 0. The number of hydrogen-bond donors (Lipinski definition) is 0. The van der Waals surface area contributed by atoms with E-state index in [0.717, 1.165) is 24.8 Å². The number of amides is 2. The van der Waals surface area contributed by atoms with Crippen molar-refractivity contribution in [1.82, 2.24) is 9.80 Å². The van der Waals surface area contributed by atoms with Crippen LogP contribution >= 0.6 is 0 Å². The third kappa shape index (κ3) is 3.97. The molecule has 122 valence electrons.